The number of carbonyl (C=O) groups is 2. The molecule has 2 amide bonds. The second kappa shape index (κ2) is 9.30. The van der Waals surface area contributed by atoms with Crippen molar-refractivity contribution in [3.63, 3.8) is 0 Å². The number of nitrogens with one attached hydrogen (secondary N) is 2. The van der Waals surface area contributed by atoms with Gasteiger partial charge in [0.1, 0.15) is 5.82 Å². The van der Waals surface area contributed by atoms with Crippen molar-refractivity contribution in [3.8, 4) is 0 Å². The molecule has 4 nitrogen and oxygen atoms in total. The fourth-order valence-electron chi connectivity index (χ4n) is 2.86. The minimum Gasteiger partial charge on any atom is -0.348 e. The third kappa shape index (κ3) is 5.49. The molecule has 0 aliphatic heterocycles. The van der Waals surface area contributed by atoms with Crippen LogP contribution < -0.4 is 10.6 Å². The van der Waals surface area contributed by atoms with Crippen molar-refractivity contribution in [2.75, 3.05) is 5.32 Å². The summed E-state index contributed by atoms with van der Waals surface area (Å²) in [6.45, 7) is -0.472. The minimum absolute atomic E-state index is 0.0681. The molecule has 3 rings (SSSR count). The third-order valence-electron chi connectivity index (χ3n) is 4.36. The fourth-order valence-corrected chi connectivity index (χ4v) is 3.33. The summed E-state index contributed by atoms with van der Waals surface area (Å²) in [5.41, 5.74) is -0.839. The summed E-state index contributed by atoms with van der Waals surface area (Å²) >= 11 is 3.28. The molecule has 0 aromatic heterocycles. The van der Waals surface area contributed by atoms with Crippen molar-refractivity contribution in [2.24, 2.45) is 0 Å². The van der Waals surface area contributed by atoms with E-state index in [1.54, 1.807) is 36.4 Å². The molecule has 0 atom stereocenters. The van der Waals surface area contributed by atoms with E-state index in [9.17, 15) is 27.2 Å². The molecule has 0 unspecified atom stereocenters. The Hall–Kier alpha value is -3.20. The van der Waals surface area contributed by atoms with Gasteiger partial charge in [0.2, 0.25) is 0 Å². The molecule has 3 aromatic rings. The lowest BCUT2D eigenvalue weighted by Crippen LogP contribution is -2.26. The van der Waals surface area contributed by atoms with Crippen molar-refractivity contribution < 1.29 is 27.2 Å². The Balaban J connectivity index is 1.79. The predicted molar refractivity (Wildman–Crippen MR) is 111 cm³/mol. The van der Waals surface area contributed by atoms with Gasteiger partial charge in [0, 0.05) is 11.0 Å². The first-order chi connectivity index (χ1) is 14.7. The van der Waals surface area contributed by atoms with E-state index >= 15 is 0 Å². The van der Waals surface area contributed by atoms with Gasteiger partial charge in [-0.05, 0) is 57.9 Å². The molecule has 0 spiro atoms. The van der Waals surface area contributed by atoms with Crippen LogP contribution in [0.5, 0.6) is 0 Å². The van der Waals surface area contributed by atoms with E-state index in [1.165, 1.54) is 12.1 Å². The number of amides is 2. The zero-order chi connectivity index (χ0) is 22.6. The molecule has 0 aliphatic rings. The number of halogens is 5. The van der Waals surface area contributed by atoms with Crippen LogP contribution in [0.2, 0.25) is 0 Å². The topological polar surface area (TPSA) is 58.2 Å². The van der Waals surface area contributed by atoms with Crippen LogP contribution in [0.25, 0.3) is 0 Å². The second-order valence-corrected chi connectivity index (χ2v) is 7.32. The summed E-state index contributed by atoms with van der Waals surface area (Å²) in [6.07, 6.45) is -4.77. The molecule has 0 fully saturated rings. The summed E-state index contributed by atoms with van der Waals surface area (Å²) in [5, 5.41) is 5.02. The van der Waals surface area contributed by atoms with Gasteiger partial charge in [-0.25, -0.2) is 4.39 Å². The van der Waals surface area contributed by atoms with Gasteiger partial charge in [-0.2, -0.15) is 13.2 Å². The molecule has 160 valence electrons. The highest BCUT2D eigenvalue weighted by Crippen LogP contribution is 2.32. The van der Waals surface area contributed by atoms with E-state index in [0.29, 0.717) is 16.1 Å². The van der Waals surface area contributed by atoms with Gasteiger partial charge in [-0.15, -0.1) is 0 Å². The number of alkyl halides is 3. The highest BCUT2D eigenvalue weighted by Gasteiger charge is 2.33. The van der Waals surface area contributed by atoms with Crippen molar-refractivity contribution in [3.05, 3.63) is 99.3 Å². The molecule has 9 heteroatoms. The Morgan fingerprint density at radius 3 is 2.19 bits per heavy atom. The Morgan fingerprint density at radius 1 is 0.871 bits per heavy atom. The smallest absolute Gasteiger partial charge is 0.348 e. The van der Waals surface area contributed by atoms with Gasteiger partial charge in [0.05, 0.1) is 22.4 Å². The molecule has 3 aromatic carbocycles. The highest BCUT2D eigenvalue weighted by atomic mass is 79.9. The SMILES string of the molecule is O=C(Nc1ccccc1C(=O)NCc1ccc(F)cc1C(F)(F)F)c1ccccc1Br. The molecule has 0 saturated carbocycles. The Morgan fingerprint density at radius 2 is 1.52 bits per heavy atom. The van der Waals surface area contributed by atoms with E-state index < -0.39 is 35.9 Å². The summed E-state index contributed by atoms with van der Waals surface area (Å²) in [6, 6.07) is 15.0. The summed E-state index contributed by atoms with van der Waals surface area (Å²) in [7, 11) is 0. The monoisotopic (exact) mass is 494 g/mol. The van der Waals surface area contributed by atoms with E-state index in [1.807, 2.05) is 0 Å². The van der Waals surface area contributed by atoms with Crippen LogP contribution in [0.15, 0.2) is 71.2 Å². The second-order valence-electron chi connectivity index (χ2n) is 6.46. The normalized spacial score (nSPS) is 11.1. The highest BCUT2D eigenvalue weighted by molar-refractivity contribution is 9.10. The number of hydrogen-bond acceptors (Lipinski definition) is 2. The first-order valence-corrected chi connectivity index (χ1v) is 9.75. The molecule has 0 aliphatic carbocycles. The van der Waals surface area contributed by atoms with Gasteiger partial charge in [0.25, 0.3) is 11.8 Å². The maximum Gasteiger partial charge on any atom is 0.416 e. The average Bonchev–Trinajstić information content (AvgIpc) is 2.72. The minimum atomic E-state index is -4.77. The largest absolute Gasteiger partial charge is 0.416 e. The van der Waals surface area contributed by atoms with Gasteiger partial charge < -0.3 is 10.6 Å². The fraction of sp³-hybridized carbons (Fsp3) is 0.0909. The van der Waals surface area contributed by atoms with Crippen LogP contribution in [-0.2, 0) is 12.7 Å². The van der Waals surface area contributed by atoms with Crippen LogP contribution in [0, 0.1) is 5.82 Å². The van der Waals surface area contributed by atoms with Crippen LogP contribution in [-0.4, -0.2) is 11.8 Å². The zero-order valence-electron chi connectivity index (χ0n) is 15.8. The number of rotatable bonds is 5. The summed E-state index contributed by atoms with van der Waals surface area (Å²) in [5.74, 6) is -2.19. The van der Waals surface area contributed by atoms with Crippen molar-refractivity contribution >= 4 is 33.4 Å². The van der Waals surface area contributed by atoms with Gasteiger partial charge >= 0.3 is 6.18 Å². The first kappa shape index (κ1) is 22.5. The zero-order valence-corrected chi connectivity index (χ0v) is 17.4. The van der Waals surface area contributed by atoms with Crippen LogP contribution in [0.1, 0.15) is 31.8 Å². The molecule has 0 bridgehead atoms. The number of anilines is 1. The Kier molecular flexibility index (Phi) is 6.74. The van der Waals surface area contributed by atoms with E-state index in [0.717, 1.165) is 12.1 Å². The van der Waals surface area contributed by atoms with Crippen molar-refractivity contribution in [1.82, 2.24) is 5.32 Å². The molecule has 0 heterocycles. The molecule has 0 radical (unpaired) electrons. The van der Waals surface area contributed by atoms with Crippen LogP contribution in [0.4, 0.5) is 23.2 Å². The number of carbonyl (C=O) groups excluding carboxylic acids is 2. The summed E-state index contributed by atoms with van der Waals surface area (Å²) in [4.78, 5) is 25.2. The quantitative estimate of drug-likeness (QED) is 0.441. The van der Waals surface area contributed by atoms with Crippen molar-refractivity contribution in [2.45, 2.75) is 12.7 Å². The number of hydrogen-bond donors (Lipinski definition) is 2. The lowest BCUT2D eigenvalue weighted by molar-refractivity contribution is -0.138. The average molecular weight is 495 g/mol. The predicted octanol–water partition coefficient (Wildman–Crippen LogP) is 5.79. The Labute approximate surface area is 183 Å². The van der Waals surface area contributed by atoms with Crippen LogP contribution >= 0.6 is 15.9 Å². The van der Waals surface area contributed by atoms with Gasteiger partial charge in [-0.3, -0.25) is 9.59 Å². The maximum absolute atomic E-state index is 13.3. The van der Waals surface area contributed by atoms with Crippen molar-refractivity contribution in [1.29, 1.82) is 0 Å². The maximum atomic E-state index is 13.3. The van der Waals surface area contributed by atoms with Gasteiger partial charge in [-0.1, -0.05) is 30.3 Å². The van der Waals surface area contributed by atoms with E-state index in [4.69, 9.17) is 0 Å². The third-order valence-corrected chi connectivity index (χ3v) is 5.05. The molecular formula is C22H15BrF4N2O2. The van der Waals surface area contributed by atoms with Gasteiger partial charge in [0.15, 0.2) is 0 Å². The Bertz CT molecular complexity index is 1130. The molecule has 2 N–H and O–H groups in total. The van der Waals surface area contributed by atoms with E-state index in [2.05, 4.69) is 26.6 Å². The standard InChI is InChI=1S/C22H15BrF4N2O2/c23-18-7-3-1-5-15(18)21(31)29-19-8-4-2-6-16(19)20(30)28-12-13-9-10-14(24)11-17(13)22(25,26)27/h1-11H,12H2,(H,28,30)(H,29,31). The number of benzene rings is 3. The molecular weight excluding hydrogens is 480 g/mol. The van der Waals surface area contributed by atoms with Crippen LogP contribution in [0.3, 0.4) is 0 Å². The summed E-state index contributed by atoms with van der Waals surface area (Å²) < 4.78 is 53.3. The molecule has 0 saturated heterocycles. The molecule has 31 heavy (non-hydrogen) atoms. The number of para-hydroxylation sites is 1. The first-order valence-electron chi connectivity index (χ1n) is 8.95. The lowest BCUT2D eigenvalue weighted by Gasteiger charge is -2.15. The van der Waals surface area contributed by atoms with E-state index in [-0.39, 0.29) is 16.8 Å². The lowest BCUT2D eigenvalue weighted by atomic mass is 10.1.